The smallest absolute Gasteiger partial charge is 0.321 e. The fourth-order valence-electron chi connectivity index (χ4n) is 4.69. The summed E-state index contributed by atoms with van der Waals surface area (Å²) in [4.78, 5) is 33.3. The number of fused-ring (bicyclic) bond motifs is 3. The number of urea groups is 1. The van der Waals surface area contributed by atoms with Crippen LogP contribution in [-0.2, 0) is 11.3 Å². The molecule has 3 saturated heterocycles. The molecule has 3 fully saturated rings. The maximum absolute atomic E-state index is 12.8. The highest BCUT2D eigenvalue weighted by molar-refractivity contribution is 7.15. The Labute approximate surface area is 168 Å². The van der Waals surface area contributed by atoms with Gasteiger partial charge in [0.1, 0.15) is 0 Å². The highest BCUT2D eigenvalue weighted by atomic mass is 32.1. The molecule has 0 aliphatic carbocycles. The van der Waals surface area contributed by atoms with Crippen molar-refractivity contribution in [3.63, 3.8) is 0 Å². The maximum atomic E-state index is 12.8. The molecule has 1 unspecified atom stereocenters. The van der Waals surface area contributed by atoms with Crippen LogP contribution in [0.15, 0.2) is 12.3 Å². The summed E-state index contributed by atoms with van der Waals surface area (Å²) in [6.45, 7) is 6.32. The Morgan fingerprint density at radius 2 is 2.04 bits per heavy atom. The van der Waals surface area contributed by atoms with Crippen molar-refractivity contribution in [2.24, 2.45) is 5.92 Å². The fraction of sp³-hybridized carbons (Fsp3) is 0.600. The van der Waals surface area contributed by atoms with Crippen LogP contribution in [0.25, 0.3) is 6.08 Å². The molecule has 0 aromatic carbocycles. The van der Waals surface area contributed by atoms with Gasteiger partial charge < -0.3 is 19.9 Å². The van der Waals surface area contributed by atoms with Crippen molar-refractivity contribution in [1.82, 2.24) is 20.0 Å². The Hall–Kier alpha value is -1.90. The molecular weight excluding hydrogens is 376 g/mol. The zero-order chi connectivity index (χ0) is 19.1. The predicted octanol–water partition coefficient (Wildman–Crippen LogP) is 1.81. The molecule has 3 atom stereocenters. The SMILES string of the molecule is O=C(N[C@@H]1C[C@@H]2CCN(C2)C1)N1C=Cc2sc(C(=O)N3CCOCC3)cc2C1. The zero-order valence-electron chi connectivity index (χ0n) is 15.9. The number of piperidine rings is 1. The molecule has 0 saturated carbocycles. The molecule has 1 aromatic heterocycles. The molecule has 5 heterocycles. The van der Waals surface area contributed by atoms with E-state index in [-0.39, 0.29) is 18.0 Å². The average molecular weight is 403 g/mol. The number of carbonyl (C=O) groups is 2. The van der Waals surface area contributed by atoms with Gasteiger partial charge in [-0.25, -0.2) is 4.79 Å². The first-order valence-electron chi connectivity index (χ1n) is 10.1. The second-order valence-electron chi connectivity index (χ2n) is 8.14. The lowest BCUT2D eigenvalue weighted by molar-refractivity contribution is 0.0306. The third-order valence-corrected chi connectivity index (χ3v) is 7.28. The average Bonchev–Trinajstić information content (AvgIpc) is 3.30. The number of ether oxygens (including phenoxy) is 1. The zero-order valence-corrected chi connectivity index (χ0v) is 16.7. The Balaban J connectivity index is 1.22. The van der Waals surface area contributed by atoms with E-state index in [0.29, 0.717) is 32.8 Å². The van der Waals surface area contributed by atoms with E-state index < -0.39 is 0 Å². The highest BCUT2D eigenvalue weighted by Crippen LogP contribution is 2.30. The van der Waals surface area contributed by atoms with Crippen LogP contribution in [-0.4, -0.2) is 78.6 Å². The molecule has 2 bridgehead atoms. The molecule has 4 aliphatic heterocycles. The van der Waals surface area contributed by atoms with Crippen molar-refractivity contribution in [1.29, 1.82) is 0 Å². The number of carbonyl (C=O) groups excluding carboxylic acids is 2. The Kier molecular flexibility index (Phi) is 4.86. The molecular formula is C20H26N4O3S. The number of hydrogen-bond acceptors (Lipinski definition) is 5. The molecule has 7 nitrogen and oxygen atoms in total. The van der Waals surface area contributed by atoms with Gasteiger partial charge in [0.2, 0.25) is 0 Å². The molecule has 3 amide bonds. The lowest BCUT2D eigenvalue weighted by Crippen LogP contribution is -2.50. The first-order chi connectivity index (χ1) is 13.7. The first-order valence-corrected chi connectivity index (χ1v) is 10.9. The normalized spacial score (nSPS) is 28.9. The van der Waals surface area contributed by atoms with Crippen molar-refractivity contribution < 1.29 is 14.3 Å². The summed E-state index contributed by atoms with van der Waals surface area (Å²) >= 11 is 1.51. The molecule has 5 rings (SSSR count). The van der Waals surface area contributed by atoms with Crippen molar-refractivity contribution >= 4 is 29.4 Å². The van der Waals surface area contributed by atoms with Gasteiger partial charge in [-0.3, -0.25) is 9.69 Å². The van der Waals surface area contributed by atoms with Crippen LogP contribution in [0.1, 0.15) is 33.0 Å². The molecule has 8 heteroatoms. The Bertz CT molecular complexity index is 789. The summed E-state index contributed by atoms with van der Waals surface area (Å²) in [5.74, 6) is 0.798. The Morgan fingerprint density at radius 1 is 1.18 bits per heavy atom. The minimum atomic E-state index is -0.0401. The molecule has 0 spiro atoms. The lowest BCUT2D eigenvalue weighted by Gasteiger charge is -2.32. The van der Waals surface area contributed by atoms with Crippen LogP contribution < -0.4 is 5.32 Å². The van der Waals surface area contributed by atoms with Gasteiger partial charge in [0, 0.05) is 43.3 Å². The van der Waals surface area contributed by atoms with Crippen LogP contribution in [0.5, 0.6) is 0 Å². The lowest BCUT2D eigenvalue weighted by atomic mass is 9.97. The summed E-state index contributed by atoms with van der Waals surface area (Å²) in [7, 11) is 0. The topological polar surface area (TPSA) is 65.1 Å². The fourth-order valence-corrected chi connectivity index (χ4v) is 5.73. The third-order valence-electron chi connectivity index (χ3n) is 6.15. The second-order valence-corrected chi connectivity index (χ2v) is 9.23. The summed E-state index contributed by atoms with van der Waals surface area (Å²) in [5.41, 5.74) is 1.05. The quantitative estimate of drug-likeness (QED) is 0.820. The van der Waals surface area contributed by atoms with Crippen molar-refractivity contribution in [3.05, 3.63) is 27.6 Å². The molecule has 4 aliphatic rings. The highest BCUT2D eigenvalue weighted by Gasteiger charge is 2.34. The number of rotatable bonds is 2. The van der Waals surface area contributed by atoms with E-state index >= 15 is 0 Å². The van der Waals surface area contributed by atoms with E-state index in [4.69, 9.17) is 4.74 Å². The second kappa shape index (κ2) is 7.50. The van der Waals surface area contributed by atoms with Crippen LogP contribution in [0.4, 0.5) is 4.79 Å². The van der Waals surface area contributed by atoms with E-state index in [1.54, 1.807) is 4.90 Å². The molecule has 0 radical (unpaired) electrons. The minimum absolute atomic E-state index is 0.0401. The van der Waals surface area contributed by atoms with Crippen LogP contribution in [0.3, 0.4) is 0 Å². The summed E-state index contributed by atoms with van der Waals surface area (Å²) in [5, 5.41) is 3.21. The molecule has 1 N–H and O–H groups in total. The van der Waals surface area contributed by atoms with Gasteiger partial charge in [0.15, 0.2) is 0 Å². The number of morpholine rings is 1. The van der Waals surface area contributed by atoms with E-state index in [9.17, 15) is 9.59 Å². The maximum Gasteiger partial charge on any atom is 0.321 e. The monoisotopic (exact) mass is 402 g/mol. The standard InChI is InChI=1S/C20H26N4O3S/c25-19(23-5-7-27-8-6-23)18-10-15-12-24(4-2-17(15)28-18)20(26)21-16-9-14-1-3-22(11-14)13-16/h2,4,10,14,16H,1,3,5-9,11-13H2,(H,21,26)/t14-,16+/m0/s1. The number of nitrogens with one attached hydrogen (secondary N) is 1. The van der Waals surface area contributed by atoms with Gasteiger partial charge in [-0.1, -0.05) is 0 Å². The summed E-state index contributed by atoms with van der Waals surface area (Å²) in [6, 6.07) is 2.15. The number of thiophene rings is 1. The predicted molar refractivity (Wildman–Crippen MR) is 107 cm³/mol. The van der Waals surface area contributed by atoms with Crippen LogP contribution in [0, 0.1) is 5.92 Å². The Morgan fingerprint density at radius 3 is 2.86 bits per heavy atom. The number of hydrogen-bond donors (Lipinski definition) is 1. The van der Waals surface area contributed by atoms with Gasteiger partial charge in [0.25, 0.3) is 5.91 Å². The van der Waals surface area contributed by atoms with E-state index in [1.807, 2.05) is 23.2 Å². The molecule has 150 valence electrons. The van der Waals surface area contributed by atoms with E-state index in [0.717, 1.165) is 34.2 Å². The van der Waals surface area contributed by atoms with Crippen molar-refractivity contribution in [2.45, 2.75) is 25.4 Å². The largest absolute Gasteiger partial charge is 0.378 e. The molecule has 28 heavy (non-hydrogen) atoms. The minimum Gasteiger partial charge on any atom is -0.378 e. The van der Waals surface area contributed by atoms with Crippen LogP contribution in [0.2, 0.25) is 0 Å². The van der Waals surface area contributed by atoms with Crippen molar-refractivity contribution in [2.75, 3.05) is 45.9 Å². The first kappa shape index (κ1) is 18.1. The summed E-state index contributed by atoms with van der Waals surface area (Å²) in [6.07, 6.45) is 6.14. The van der Waals surface area contributed by atoms with Crippen LogP contribution >= 0.6 is 11.3 Å². The number of nitrogens with zero attached hydrogens (tertiary/aromatic N) is 3. The molecule has 1 aromatic rings. The van der Waals surface area contributed by atoms with Gasteiger partial charge in [-0.2, -0.15) is 0 Å². The van der Waals surface area contributed by atoms with E-state index in [1.165, 1.54) is 30.8 Å². The van der Waals surface area contributed by atoms with E-state index in [2.05, 4.69) is 10.2 Å². The van der Waals surface area contributed by atoms with Gasteiger partial charge >= 0.3 is 6.03 Å². The van der Waals surface area contributed by atoms with Gasteiger partial charge in [-0.15, -0.1) is 11.3 Å². The summed E-state index contributed by atoms with van der Waals surface area (Å²) < 4.78 is 5.33. The van der Waals surface area contributed by atoms with Crippen molar-refractivity contribution in [3.8, 4) is 0 Å². The van der Waals surface area contributed by atoms with Gasteiger partial charge in [0.05, 0.1) is 24.6 Å². The number of amides is 3. The van der Waals surface area contributed by atoms with Gasteiger partial charge in [-0.05, 0) is 43.0 Å². The third kappa shape index (κ3) is 3.56.